The minimum absolute atomic E-state index is 0.123. The Labute approximate surface area is 114 Å². The number of rotatable bonds is 2. The Morgan fingerprint density at radius 2 is 1.61 bits per heavy atom. The highest BCUT2D eigenvalue weighted by Crippen LogP contribution is 2.25. The fourth-order valence-electron chi connectivity index (χ4n) is 2.09. The van der Waals surface area contributed by atoms with E-state index < -0.39 is 0 Å². The molecule has 2 aromatic carbocycles. The van der Waals surface area contributed by atoms with Gasteiger partial charge in [-0.1, -0.05) is 35.9 Å². The van der Waals surface area contributed by atoms with E-state index in [1.807, 2.05) is 19.1 Å². The lowest BCUT2D eigenvalue weighted by molar-refractivity contribution is 0.867. The second kappa shape index (κ2) is 5.13. The van der Waals surface area contributed by atoms with Crippen LogP contribution in [0.5, 0.6) is 0 Å². The van der Waals surface area contributed by atoms with Crippen molar-refractivity contribution in [3.05, 3.63) is 69.2 Å². The largest absolute Gasteiger partial charge is 0.320 e. The van der Waals surface area contributed by atoms with Crippen LogP contribution in [0.4, 0.5) is 0 Å². The average Bonchev–Trinajstić information content (AvgIpc) is 2.30. The van der Waals surface area contributed by atoms with E-state index in [9.17, 15) is 0 Å². The first-order valence-corrected chi connectivity index (χ1v) is 6.45. The van der Waals surface area contributed by atoms with Crippen LogP contribution in [0.15, 0.2) is 36.4 Å². The lowest BCUT2D eigenvalue weighted by atomic mass is 9.95. The minimum atomic E-state index is -0.123. The molecule has 0 aliphatic carbocycles. The van der Waals surface area contributed by atoms with Crippen LogP contribution in [0.1, 0.15) is 33.9 Å². The number of hydrogen-bond donors (Lipinski definition) is 1. The topological polar surface area (TPSA) is 26.0 Å². The molecule has 0 aromatic heterocycles. The zero-order valence-electron chi connectivity index (χ0n) is 11.0. The number of halogens is 1. The number of hydrogen-bond acceptors (Lipinski definition) is 1. The van der Waals surface area contributed by atoms with Crippen molar-refractivity contribution < 1.29 is 0 Å². The molecule has 0 fully saturated rings. The molecule has 0 radical (unpaired) electrons. The second-order valence-corrected chi connectivity index (χ2v) is 5.32. The second-order valence-electron chi connectivity index (χ2n) is 4.88. The van der Waals surface area contributed by atoms with Gasteiger partial charge in [-0.2, -0.15) is 0 Å². The lowest BCUT2D eigenvalue weighted by Crippen LogP contribution is -2.12. The molecule has 0 spiro atoms. The number of nitrogens with two attached hydrogens (primary N) is 1. The molecule has 1 unspecified atom stereocenters. The maximum Gasteiger partial charge on any atom is 0.0552 e. The first kappa shape index (κ1) is 13.1. The molecule has 1 nitrogen and oxygen atoms in total. The summed E-state index contributed by atoms with van der Waals surface area (Å²) >= 11 is 6.08. The molecule has 0 aliphatic heterocycles. The minimum Gasteiger partial charge on any atom is -0.320 e. The van der Waals surface area contributed by atoms with Crippen LogP contribution in [0.3, 0.4) is 0 Å². The number of aryl methyl sites for hydroxylation is 3. The Morgan fingerprint density at radius 1 is 0.889 bits per heavy atom. The van der Waals surface area contributed by atoms with Crippen molar-refractivity contribution >= 4 is 11.6 Å². The van der Waals surface area contributed by atoms with Crippen LogP contribution >= 0.6 is 11.6 Å². The average molecular weight is 260 g/mol. The first-order chi connectivity index (χ1) is 8.47. The first-order valence-electron chi connectivity index (χ1n) is 6.07. The predicted molar refractivity (Wildman–Crippen MR) is 78.1 cm³/mol. The molecule has 0 saturated carbocycles. The van der Waals surface area contributed by atoms with Gasteiger partial charge in [0.05, 0.1) is 6.04 Å². The van der Waals surface area contributed by atoms with Crippen molar-refractivity contribution in [2.24, 2.45) is 5.73 Å². The molecule has 0 saturated heterocycles. The monoisotopic (exact) mass is 259 g/mol. The van der Waals surface area contributed by atoms with Gasteiger partial charge in [0.15, 0.2) is 0 Å². The van der Waals surface area contributed by atoms with Gasteiger partial charge in [-0.3, -0.25) is 0 Å². The third kappa shape index (κ3) is 2.74. The Balaban J connectivity index is 2.40. The summed E-state index contributed by atoms with van der Waals surface area (Å²) in [6, 6.07) is 12.2. The molecule has 0 aliphatic rings. The van der Waals surface area contributed by atoms with Gasteiger partial charge >= 0.3 is 0 Å². The van der Waals surface area contributed by atoms with Gasteiger partial charge in [0.2, 0.25) is 0 Å². The maximum atomic E-state index is 6.31. The highest BCUT2D eigenvalue weighted by Gasteiger charge is 2.10. The van der Waals surface area contributed by atoms with E-state index in [4.69, 9.17) is 17.3 Å². The van der Waals surface area contributed by atoms with Gasteiger partial charge < -0.3 is 5.73 Å². The van der Waals surface area contributed by atoms with Crippen LogP contribution in [0.25, 0.3) is 0 Å². The molecular formula is C16H18ClN. The summed E-state index contributed by atoms with van der Waals surface area (Å²) in [5.74, 6) is 0. The Hall–Kier alpha value is -1.31. The molecule has 2 aromatic rings. The van der Waals surface area contributed by atoms with Gasteiger partial charge in [-0.25, -0.2) is 0 Å². The molecule has 0 bridgehead atoms. The van der Waals surface area contributed by atoms with E-state index in [1.54, 1.807) is 0 Å². The van der Waals surface area contributed by atoms with Gasteiger partial charge in [0.25, 0.3) is 0 Å². The Morgan fingerprint density at radius 3 is 2.22 bits per heavy atom. The van der Waals surface area contributed by atoms with E-state index in [-0.39, 0.29) is 6.04 Å². The zero-order valence-corrected chi connectivity index (χ0v) is 11.8. The molecule has 94 valence electrons. The number of benzene rings is 2. The van der Waals surface area contributed by atoms with Crippen molar-refractivity contribution in [3.63, 3.8) is 0 Å². The predicted octanol–water partition coefficient (Wildman–Crippen LogP) is 4.31. The molecule has 0 amide bonds. The standard InChI is InChI=1S/C16H18ClN/c1-10-6-14(9-15(17)7-10)16(18)13-5-4-11(2)12(3)8-13/h4-9,16H,18H2,1-3H3. The molecular weight excluding hydrogens is 242 g/mol. The fourth-order valence-corrected chi connectivity index (χ4v) is 2.39. The SMILES string of the molecule is Cc1cc(Cl)cc(C(N)c2ccc(C)c(C)c2)c1. The van der Waals surface area contributed by atoms with E-state index in [0.717, 1.165) is 21.7 Å². The van der Waals surface area contributed by atoms with E-state index in [2.05, 4.69) is 38.1 Å². The van der Waals surface area contributed by atoms with Crippen molar-refractivity contribution in [2.45, 2.75) is 26.8 Å². The smallest absolute Gasteiger partial charge is 0.0552 e. The van der Waals surface area contributed by atoms with E-state index >= 15 is 0 Å². The summed E-state index contributed by atoms with van der Waals surface area (Å²) in [5, 5.41) is 0.740. The summed E-state index contributed by atoms with van der Waals surface area (Å²) in [6.45, 7) is 6.24. The zero-order chi connectivity index (χ0) is 13.3. The van der Waals surface area contributed by atoms with Gasteiger partial charge in [0, 0.05) is 5.02 Å². The van der Waals surface area contributed by atoms with E-state index in [1.165, 1.54) is 11.1 Å². The molecule has 18 heavy (non-hydrogen) atoms. The quantitative estimate of drug-likeness (QED) is 0.854. The Kier molecular flexibility index (Phi) is 3.74. The summed E-state index contributed by atoms with van der Waals surface area (Å²) in [4.78, 5) is 0. The summed E-state index contributed by atoms with van der Waals surface area (Å²) in [7, 11) is 0. The summed E-state index contributed by atoms with van der Waals surface area (Å²) in [6.07, 6.45) is 0. The van der Waals surface area contributed by atoms with Gasteiger partial charge in [-0.05, 0) is 60.7 Å². The van der Waals surface area contributed by atoms with E-state index in [0.29, 0.717) is 0 Å². The third-order valence-electron chi connectivity index (χ3n) is 3.31. The van der Waals surface area contributed by atoms with Gasteiger partial charge in [-0.15, -0.1) is 0 Å². The summed E-state index contributed by atoms with van der Waals surface area (Å²) < 4.78 is 0. The van der Waals surface area contributed by atoms with Gasteiger partial charge in [0.1, 0.15) is 0 Å². The lowest BCUT2D eigenvalue weighted by Gasteiger charge is -2.15. The highest BCUT2D eigenvalue weighted by atomic mass is 35.5. The van der Waals surface area contributed by atoms with Crippen molar-refractivity contribution in [3.8, 4) is 0 Å². The van der Waals surface area contributed by atoms with Crippen LogP contribution < -0.4 is 5.73 Å². The molecule has 1 atom stereocenters. The molecule has 2 heteroatoms. The Bertz CT molecular complexity index is 555. The fraction of sp³-hybridized carbons (Fsp3) is 0.250. The van der Waals surface area contributed by atoms with Crippen LogP contribution in [-0.4, -0.2) is 0 Å². The highest BCUT2D eigenvalue weighted by molar-refractivity contribution is 6.30. The van der Waals surface area contributed by atoms with Crippen molar-refractivity contribution in [1.82, 2.24) is 0 Å². The van der Waals surface area contributed by atoms with Crippen molar-refractivity contribution in [2.75, 3.05) is 0 Å². The van der Waals surface area contributed by atoms with Crippen LogP contribution in [0.2, 0.25) is 5.02 Å². The molecule has 2 rings (SSSR count). The maximum absolute atomic E-state index is 6.31. The van der Waals surface area contributed by atoms with Crippen LogP contribution in [-0.2, 0) is 0 Å². The van der Waals surface area contributed by atoms with Crippen molar-refractivity contribution in [1.29, 1.82) is 0 Å². The normalized spacial score (nSPS) is 12.5. The van der Waals surface area contributed by atoms with Crippen LogP contribution in [0, 0.1) is 20.8 Å². The summed E-state index contributed by atoms with van der Waals surface area (Å²) in [5.41, 5.74) is 12.2. The third-order valence-corrected chi connectivity index (χ3v) is 3.53. The molecule has 2 N–H and O–H groups in total. The molecule has 0 heterocycles.